The summed E-state index contributed by atoms with van der Waals surface area (Å²) < 4.78 is 5.08. The number of benzene rings is 2. The van der Waals surface area contributed by atoms with E-state index < -0.39 is 5.97 Å². The molecule has 0 atom stereocenters. The first-order valence-corrected chi connectivity index (χ1v) is 7.88. The number of rotatable bonds is 6. The van der Waals surface area contributed by atoms with Crippen LogP contribution in [0.3, 0.4) is 0 Å². The number of amides is 1. The van der Waals surface area contributed by atoms with E-state index in [9.17, 15) is 9.59 Å². The number of nitrogens with one attached hydrogen (secondary N) is 1. The van der Waals surface area contributed by atoms with Crippen LogP contribution in [0, 0.1) is 0 Å². The highest BCUT2D eigenvalue weighted by atomic mass is 16.5. The molecular weight excluding hydrogens is 318 g/mol. The summed E-state index contributed by atoms with van der Waals surface area (Å²) in [6, 6.07) is 14.4. The Hall–Kier alpha value is -3.02. The number of nitrogens with zero attached hydrogens (tertiary/aromatic N) is 2. The van der Waals surface area contributed by atoms with Gasteiger partial charge in [-0.1, -0.05) is 6.07 Å². The van der Waals surface area contributed by atoms with Crippen molar-refractivity contribution in [3.63, 3.8) is 0 Å². The van der Waals surface area contributed by atoms with E-state index in [-0.39, 0.29) is 12.5 Å². The van der Waals surface area contributed by atoms with Gasteiger partial charge in [-0.15, -0.1) is 0 Å². The van der Waals surface area contributed by atoms with Gasteiger partial charge in [0.25, 0.3) is 5.91 Å². The third kappa shape index (κ3) is 5.24. The molecule has 0 bridgehead atoms. The van der Waals surface area contributed by atoms with Gasteiger partial charge in [0.15, 0.2) is 6.61 Å². The summed E-state index contributed by atoms with van der Waals surface area (Å²) in [6.45, 7) is -0.333. The highest BCUT2D eigenvalue weighted by molar-refractivity contribution is 5.96. The lowest BCUT2D eigenvalue weighted by Crippen LogP contribution is -2.21. The van der Waals surface area contributed by atoms with Crippen molar-refractivity contribution in [2.45, 2.75) is 0 Å². The van der Waals surface area contributed by atoms with Crippen molar-refractivity contribution in [3.8, 4) is 0 Å². The summed E-state index contributed by atoms with van der Waals surface area (Å²) in [5.74, 6) is -0.906. The molecule has 0 aliphatic rings. The van der Waals surface area contributed by atoms with Gasteiger partial charge < -0.3 is 19.9 Å². The first-order chi connectivity index (χ1) is 11.9. The average molecular weight is 341 g/mol. The molecule has 1 N–H and O–H groups in total. The van der Waals surface area contributed by atoms with Crippen LogP contribution in [0.1, 0.15) is 10.4 Å². The molecule has 2 rings (SSSR count). The molecule has 1 amide bonds. The van der Waals surface area contributed by atoms with Gasteiger partial charge in [0.1, 0.15) is 0 Å². The number of esters is 1. The molecule has 25 heavy (non-hydrogen) atoms. The highest BCUT2D eigenvalue weighted by Crippen LogP contribution is 2.16. The molecule has 0 heterocycles. The topological polar surface area (TPSA) is 61.9 Å². The number of hydrogen-bond donors (Lipinski definition) is 1. The van der Waals surface area contributed by atoms with Crippen LogP contribution >= 0.6 is 0 Å². The molecule has 0 spiro atoms. The molecule has 2 aromatic carbocycles. The maximum absolute atomic E-state index is 12.1. The Morgan fingerprint density at radius 3 is 2.16 bits per heavy atom. The third-order valence-corrected chi connectivity index (χ3v) is 3.60. The van der Waals surface area contributed by atoms with E-state index in [1.54, 1.807) is 30.3 Å². The van der Waals surface area contributed by atoms with Crippen molar-refractivity contribution in [1.82, 2.24) is 0 Å². The minimum absolute atomic E-state index is 0.333. The van der Waals surface area contributed by atoms with E-state index in [1.165, 1.54) is 0 Å². The fourth-order valence-corrected chi connectivity index (χ4v) is 2.17. The van der Waals surface area contributed by atoms with Gasteiger partial charge in [-0.05, 0) is 42.5 Å². The quantitative estimate of drug-likeness (QED) is 0.819. The minimum Gasteiger partial charge on any atom is -0.452 e. The summed E-state index contributed by atoms with van der Waals surface area (Å²) >= 11 is 0. The van der Waals surface area contributed by atoms with E-state index in [0.29, 0.717) is 11.3 Å². The molecule has 0 aromatic heterocycles. The van der Waals surface area contributed by atoms with Crippen LogP contribution in [-0.4, -0.2) is 46.7 Å². The number of carbonyl (C=O) groups is 2. The molecule has 0 aliphatic carbocycles. The Balaban J connectivity index is 1.89. The zero-order valence-electron chi connectivity index (χ0n) is 14.9. The van der Waals surface area contributed by atoms with Gasteiger partial charge in [0.05, 0.1) is 5.56 Å². The Kier molecular flexibility index (Phi) is 6.00. The van der Waals surface area contributed by atoms with Gasteiger partial charge in [-0.3, -0.25) is 4.79 Å². The van der Waals surface area contributed by atoms with Crippen LogP contribution in [0.2, 0.25) is 0 Å². The van der Waals surface area contributed by atoms with Crippen molar-refractivity contribution in [2.75, 3.05) is 49.9 Å². The largest absolute Gasteiger partial charge is 0.452 e. The van der Waals surface area contributed by atoms with Gasteiger partial charge >= 0.3 is 5.97 Å². The molecule has 132 valence electrons. The van der Waals surface area contributed by atoms with Crippen molar-refractivity contribution in [1.29, 1.82) is 0 Å². The summed E-state index contributed by atoms with van der Waals surface area (Å²) in [5.41, 5.74) is 2.99. The molecule has 0 fully saturated rings. The average Bonchev–Trinajstić information content (AvgIpc) is 2.60. The fraction of sp³-hybridized carbons (Fsp3) is 0.263. The second kappa shape index (κ2) is 8.19. The van der Waals surface area contributed by atoms with Gasteiger partial charge in [0, 0.05) is 45.3 Å². The lowest BCUT2D eigenvalue weighted by Gasteiger charge is -2.14. The van der Waals surface area contributed by atoms with E-state index in [2.05, 4.69) is 5.32 Å². The molecule has 2 aromatic rings. The number of hydrogen-bond acceptors (Lipinski definition) is 5. The fourth-order valence-electron chi connectivity index (χ4n) is 2.17. The van der Waals surface area contributed by atoms with Crippen LogP contribution in [0.25, 0.3) is 0 Å². The summed E-state index contributed by atoms with van der Waals surface area (Å²) in [6.07, 6.45) is 0. The Labute approximate surface area is 148 Å². The van der Waals surface area contributed by atoms with Crippen LogP contribution in [0.5, 0.6) is 0 Å². The van der Waals surface area contributed by atoms with Crippen LogP contribution in [0.4, 0.5) is 17.1 Å². The normalized spacial score (nSPS) is 10.1. The summed E-state index contributed by atoms with van der Waals surface area (Å²) in [7, 11) is 7.66. The van der Waals surface area contributed by atoms with Gasteiger partial charge in [0.2, 0.25) is 0 Å². The number of carbonyl (C=O) groups excluding carboxylic acids is 2. The molecule has 0 saturated carbocycles. The summed E-state index contributed by atoms with van der Waals surface area (Å²) in [4.78, 5) is 27.9. The standard InChI is InChI=1S/C19H23N3O3/c1-21(2)16-10-8-15(9-11-16)20-18(23)13-25-19(24)14-6-5-7-17(12-14)22(3)4/h5-12H,13H2,1-4H3,(H,20,23). The minimum atomic E-state index is -0.526. The molecule has 0 radical (unpaired) electrons. The second-order valence-corrected chi connectivity index (χ2v) is 6.01. The van der Waals surface area contributed by atoms with Crippen molar-refractivity contribution < 1.29 is 14.3 Å². The maximum Gasteiger partial charge on any atom is 0.338 e. The highest BCUT2D eigenvalue weighted by Gasteiger charge is 2.11. The molecule has 6 heteroatoms. The van der Waals surface area contributed by atoms with Crippen LogP contribution < -0.4 is 15.1 Å². The molecule has 0 saturated heterocycles. The molecule has 0 aliphatic heterocycles. The predicted octanol–water partition coefficient (Wildman–Crippen LogP) is 2.61. The first kappa shape index (κ1) is 18.3. The summed E-state index contributed by atoms with van der Waals surface area (Å²) in [5, 5.41) is 2.70. The Morgan fingerprint density at radius 1 is 0.920 bits per heavy atom. The molecule has 0 unspecified atom stereocenters. The van der Waals surface area contributed by atoms with E-state index in [1.807, 2.05) is 56.2 Å². The van der Waals surface area contributed by atoms with Gasteiger partial charge in [-0.2, -0.15) is 0 Å². The van der Waals surface area contributed by atoms with E-state index >= 15 is 0 Å². The van der Waals surface area contributed by atoms with Crippen molar-refractivity contribution in [3.05, 3.63) is 54.1 Å². The lowest BCUT2D eigenvalue weighted by atomic mass is 10.2. The zero-order chi connectivity index (χ0) is 18.4. The van der Waals surface area contributed by atoms with Crippen molar-refractivity contribution in [2.24, 2.45) is 0 Å². The van der Waals surface area contributed by atoms with Gasteiger partial charge in [-0.25, -0.2) is 4.79 Å². The third-order valence-electron chi connectivity index (χ3n) is 3.60. The zero-order valence-corrected chi connectivity index (χ0v) is 14.9. The predicted molar refractivity (Wildman–Crippen MR) is 100 cm³/mol. The Morgan fingerprint density at radius 2 is 1.56 bits per heavy atom. The first-order valence-electron chi connectivity index (χ1n) is 7.88. The van der Waals surface area contributed by atoms with Crippen molar-refractivity contribution >= 4 is 28.9 Å². The van der Waals surface area contributed by atoms with Crippen LogP contribution in [-0.2, 0) is 9.53 Å². The monoisotopic (exact) mass is 341 g/mol. The number of ether oxygens (including phenoxy) is 1. The smallest absolute Gasteiger partial charge is 0.338 e. The molecule has 6 nitrogen and oxygen atoms in total. The van der Waals surface area contributed by atoms with E-state index in [4.69, 9.17) is 4.74 Å². The SMILES string of the molecule is CN(C)c1ccc(NC(=O)COC(=O)c2cccc(N(C)C)c2)cc1. The lowest BCUT2D eigenvalue weighted by molar-refractivity contribution is -0.119. The maximum atomic E-state index is 12.1. The van der Waals surface area contributed by atoms with Crippen LogP contribution in [0.15, 0.2) is 48.5 Å². The Bertz CT molecular complexity index is 740. The molecular formula is C19H23N3O3. The van der Waals surface area contributed by atoms with E-state index in [0.717, 1.165) is 11.4 Å². The second-order valence-electron chi connectivity index (χ2n) is 6.01. The number of anilines is 3.